The molecular weight excluding hydrogens is 290 g/mol. The highest BCUT2D eigenvalue weighted by Crippen LogP contribution is 2.17. The van der Waals surface area contributed by atoms with Crippen molar-refractivity contribution in [1.82, 2.24) is 4.90 Å². The van der Waals surface area contributed by atoms with Gasteiger partial charge in [0, 0.05) is 19.0 Å². The molecule has 122 valence electrons. The van der Waals surface area contributed by atoms with E-state index in [0.717, 1.165) is 5.56 Å². The standard InChI is InChI=1S/C19H23NO3/c1-14(2)20(12-11-19(22)23)18(21)10-8-15-7-9-16-5-3-4-6-17(16)13-15/h3-7,9,13-14H,8,10-12H2,1-2H3,(H,22,23). The Morgan fingerprint density at radius 2 is 1.74 bits per heavy atom. The Hall–Kier alpha value is -2.36. The molecule has 0 aliphatic rings. The third-order valence-electron chi connectivity index (χ3n) is 3.95. The van der Waals surface area contributed by atoms with E-state index in [2.05, 4.69) is 24.3 Å². The molecule has 0 bridgehead atoms. The first-order valence-corrected chi connectivity index (χ1v) is 7.96. The van der Waals surface area contributed by atoms with Gasteiger partial charge in [-0.1, -0.05) is 42.5 Å². The fraction of sp³-hybridized carbons (Fsp3) is 0.368. The molecule has 0 spiro atoms. The van der Waals surface area contributed by atoms with Crippen LogP contribution in [0.15, 0.2) is 42.5 Å². The minimum atomic E-state index is -0.877. The number of nitrogens with zero attached hydrogens (tertiary/aromatic N) is 1. The van der Waals surface area contributed by atoms with Gasteiger partial charge in [-0.15, -0.1) is 0 Å². The van der Waals surface area contributed by atoms with E-state index in [1.165, 1.54) is 10.8 Å². The van der Waals surface area contributed by atoms with Crippen molar-refractivity contribution in [3.63, 3.8) is 0 Å². The van der Waals surface area contributed by atoms with Gasteiger partial charge >= 0.3 is 5.97 Å². The highest BCUT2D eigenvalue weighted by molar-refractivity contribution is 5.83. The lowest BCUT2D eigenvalue weighted by Gasteiger charge is -2.26. The molecule has 0 saturated carbocycles. The van der Waals surface area contributed by atoms with Crippen LogP contribution in [0.1, 0.15) is 32.3 Å². The van der Waals surface area contributed by atoms with Crippen LogP contribution in [0.5, 0.6) is 0 Å². The maximum Gasteiger partial charge on any atom is 0.305 e. The number of aryl methyl sites for hydroxylation is 1. The summed E-state index contributed by atoms with van der Waals surface area (Å²) in [6, 6.07) is 14.4. The van der Waals surface area contributed by atoms with Gasteiger partial charge in [-0.2, -0.15) is 0 Å². The van der Waals surface area contributed by atoms with Crippen molar-refractivity contribution in [2.24, 2.45) is 0 Å². The molecule has 0 aromatic heterocycles. The van der Waals surface area contributed by atoms with Crippen molar-refractivity contribution in [3.05, 3.63) is 48.0 Å². The van der Waals surface area contributed by atoms with Crippen LogP contribution in [0.3, 0.4) is 0 Å². The molecule has 2 rings (SSSR count). The molecule has 1 N–H and O–H groups in total. The van der Waals surface area contributed by atoms with Crippen molar-refractivity contribution >= 4 is 22.6 Å². The maximum atomic E-state index is 12.4. The quantitative estimate of drug-likeness (QED) is 0.851. The van der Waals surface area contributed by atoms with Crippen molar-refractivity contribution < 1.29 is 14.7 Å². The van der Waals surface area contributed by atoms with Gasteiger partial charge < -0.3 is 10.0 Å². The molecule has 0 radical (unpaired) electrons. The van der Waals surface area contributed by atoms with Crippen LogP contribution in [0.4, 0.5) is 0 Å². The largest absolute Gasteiger partial charge is 0.481 e. The van der Waals surface area contributed by atoms with E-state index in [1.807, 2.05) is 32.0 Å². The molecule has 2 aromatic rings. The van der Waals surface area contributed by atoms with Crippen LogP contribution in [-0.4, -0.2) is 34.5 Å². The molecular formula is C19H23NO3. The molecule has 4 nitrogen and oxygen atoms in total. The van der Waals surface area contributed by atoms with Gasteiger partial charge in [0.05, 0.1) is 6.42 Å². The smallest absolute Gasteiger partial charge is 0.305 e. The Kier molecular flexibility index (Phi) is 5.74. The molecule has 0 aliphatic heterocycles. The van der Waals surface area contributed by atoms with Gasteiger partial charge in [-0.25, -0.2) is 0 Å². The number of carboxylic acid groups (broad SMARTS) is 1. The first-order valence-electron chi connectivity index (χ1n) is 7.96. The van der Waals surface area contributed by atoms with Gasteiger partial charge in [0.2, 0.25) is 5.91 Å². The monoisotopic (exact) mass is 313 g/mol. The molecule has 0 unspecified atom stereocenters. The summed E-state index contributed by atoms with van der Waals surface area (Å²) in [6.45, 7) is 4.09. The SMILES string of the molecule is CC(C)N(CCC(=O)O)C(=O)CCc1ccc2ccccc2c1. The number of amides is 1. The van der Waals surface area contributed by atoms with Crippen LogP contribution >= 0.6 is 0 Å². The molecule has 2 aromatic carbocycles. The van der Waals surface area contributed by atoms with E-state index < -0.39 is 5.97 Å². The van der Waals surface area contributed by atoms with Crippen LogP contribution in [0, 0.1) is 0 Å². The third-order valence-corrected chi connectivity index (χ3v) is 3.95. The van der Waals surface area contributed by atoms with E-state index in [0.29, 0.717) is 12.8 Å². The third kappa shape index (κ3) is 4.81. The Bertz CT molecular complexity index is 694. The van der Waals surface area contributed by atoms with Crippen molar-refractivity contribution in [1.29, 1.82) is 0 Å². The normalized spacial score (nSPS) is 10.9. The first-order chi connectivity index (χ1) is 11.0. The molecule has 0 heterocycles. The number of carbonyl (C=O) groups is 2. The molecule has 0 saturated heterocycles. The number of carboxylic acids is 1. The Morgan fingerprint density at radius 1 is 1.04 bits per heavy atom. The summed E-state index contributed by atoms with van der Waals surface area (Å²) >= 11 is 0. The Morgan fingerprint density at radius 3 is 2.39 bits per heavy atom. The highest BCUT2D eigenvalue weighted by Gasteiger charge is 2.17. The summed E-state index contributed by atoms with van der Waals surface area (Å²) in [5, 5.41) is 11.2. The number of hydrogen-bond acceptors (Lipinski definition) is 2. The zero-order chi connectivity index (χ0) is 16.8. The maximum absolute atomic E-state index is 12.4. The van der Waals surface area contributed by atoms with Crippen molar-refractivity contribution in [2.75, 3.05) is 6.54 Å². The second kappa shape index (κ2) is 7.77. The molecule has 0 aliphatic carbocycles. The lowest BCUT2D eigenvalue weighted by atomic mass is 10.0. The van der Waals surface area contributed by atoms with Crippen LogP contribution in [0.25, 0.3) is 10.8 Å². The fourth-order valence-corrected chi connectivity index (χ4v) is 2.68. The number of carbonyl (C=O) groups excluding carboxylic acids is 1. The van der Waals surface area contributed by atoms with Crippen molar-refractivity contribution in [2.45, 2.75) is 39.2 Å². The summed E-state index contributed by atoms with van der Waals surface area (Å²) in [4.78, 5) is 24.7. The molecule has 0 fully saturated rings. The number of benzene rings is 2. The summed E-state index contributed by atoms with van der Waals surface area (Å²) in [7, 11) is 0. The predicted molar refractivity (Wildman–Crippen MR) is 91.4 cm³/mol. The zero-order valence-electron chi connectivity index (χ0n) is 13.7. The topological polar surface area (TPSA) is 57.6 Å². The minimum absolute atomic E-state index is 0.00871. The van der Waals surface area contributed by atoms with Crippen LogP contribution in [0.2, 0.25) is 0 Å². The fourth-order valence-electron chi connectivity index (χ4n) is 2.68. The molecule has 4 heteroatoms. The first kappa shape index (κ1) is 17.0. The summed E-state index contributed by atoms with van der Waals surface area (Å²) in [6.07, 6.45) is 1.05. The molecule has 0 atom stereocenters. The minimum Gasteiger partial charge on any atom is -0.481 e. The van der Waals surface area contributed by atoms with E-state index in [1.54, 1.807) is 4.90 Å². The predicted octanol–water partition coefficient (Wildman–Crippen LogP) is 3.48. The number of fused-ring (bicyclic) bond motifs is 1. The highest BCUT2D eigenvalue weighted by atomic mass is 16.4. The van der Waals surface area contributed by atoms with Gasteiger partial charge in [-0.05, 0) is 36.6 Å². The van der Waals surface area contributed by atoms with E-state index >= 15 is 0 Å². The molecule has 1 amide bonds. The van der Waals surface area contributed by atoms with Crippen LogP contribution in [-0.2, 0) is 16.0 Å². The van der Waals surface area contributed by atoms with E-state index in [-0.39, 0.29) is 24.9 Å². The average molecular weight is 313 g/mol. The number of hydrogen-bond donors (Lipinski definition) is 1. The Balaban J connectivity index is 1.99. The zero-order valence-corrected chi connectivity index (χ0v) is 13.7. The summed E-state index contributed by atoms with van der Waals surface area (Å²) < 4.78 is 0. The van der Waals surface area contributed by atoms with E-state index in [4.69, 9.17) is 5.11 Å². The van der Waals surface area contributed by atoms with Crippen LogP contribution < -0.4 is 0 Å². The number of rotatable bonds is 7. The molecule has 23 heavy (non-hydrogen) atoms. The summed E-state index contributed by atoms with van der Waals surface area (Å²) in [5.74, 6) is -0.868. The average Bonchev–Trinajstić information content (AvgIpc) is 2.52. The van der Waals surface area contributed by atoms with E-state index in [9.17, 15) is 9.59 Å². The van der Waals surface area contributed by atoms with Gasteiger partial charge in [-0.3, -0.25) is 9.59 Å². The second-order valence-electron chi connectivity index (χ2n) is 6.01. The van der Waals surface area contributed by atoms with Crippen molar-refractivity contribution in [3.8, 4) is 0 Å². The summed E-state index contributed by atoms with van der Waals surface area (Å²) in [5.41, 5.74) is 1.12. The van der Waals surface area contributed by atoms with Gasteiger partial charge in [0.1, 0.15) is 0 Å². The number of aliphatic carboxylic acids is 1. The van der Waals surface area contributed by atoms with Gasteiger partial charge in [0.25, 0.3) is 0 Å². The Labute approximate surface area is 136 Å². The van der Waals surface area contributed by atoms with Gasteiger partial charge in [0.15, 0.2) is 0 Å². The lowest BCUT2D eigenvalue weighted by molar-refractivity contribution is -0.139. The lowest BCUT2D eigenvalue weighted by Crippen LogP contribution is -2.38. The second-order valence-corrected chi connectivity index (χ2v) is 6.01.